The van der Waals surface area contributed by atoms with Crippen LogP contribution < -0.4 is 0 Å². The molecule has 0 amide bonds. The van der Waals surface area contributed by atoms with Gasteiger partial charge in [0, 0.05) is 23.2 Å². The summed E-state index contributed by atoms with van der Waals surface area (Å²) in [6, 6.07) is 7.56. The lowest BCUT2D eigenvalue weighted by Gasteiger charge is -2.16. The van der Waals surface area contributed by atoms with Crippen LogP contribution in [0.1, 0.15) is 30.7 Å². The van der Waals surface area contributed by atoms with Crippen molar-refractivity contribution in [3.63, 3.8) is 0 Å². The fourth-order valence-electron chi connectivity index (χ4n) is 3.19. The third kappa shape index (κ3) is 12.0. The number of hydrogen-bond acceptors (Lipinski definition) is 14. The fraction of sp³-hybridized carbons (Fsp3) is 0.286. The van der Waals surface area contributed by atoms with Gasteiger partial charge in [0.15, 0.2) is 0 Å². The summed E-state index contributed by atoms with van der Waals surface area (Å²) in [6.07, 6.45) is 5.43. The Labute approximate surface area is 259 Å². The summed E-state index contributed by atoms with van der Waals surface area (Å²) in [5.41, 5.74) is 1.75. The molecular formula is C28H28N2O8S4. The van der Waals surface area contributed by atoms with Gasteiger partial charge in [-0.25, -0.2) is 19.6 Å². The number of thiazole rings is 2. The predicted molar refractivity (Wildman–Crippen MR) is 164 cm³/mol. The number of benzene rings is 1. The number of aromatic nitrogens is 2. The minimum atomic E-state index is -0.554. The molecule has 3 rings (SSSR count). The Morgan fingerprint density at radius 2 is 1.21 bits per heavy atom. The summed E-state index contributed by atoms with van der Waals surface area (Å²) in [6.45, 7) is 7.75. The van der Waals surface area contributed by atoms with Crippen LogP contribution in [0.2, 0.25) is 0 Å². The molecule has 222 valence electrons. The fourth-order valence-corrected chi connectivity index (χ4v) is 5.70. The Morgan fingerprint density at radius 1 is 0.762 bits per heavy atom. The Balaban J connectivity index is 1.46. The molecule has 14 heteroatoms. The standard InChI is InChI=1S/C28H28N2O8S4/c1-3-23(31)41-21(17-37-27(33)25-29-8-10-39-25)15-35-13-19-6-5-7-20(12-19)14-36-16-22(42-24(32)4-2)18-38-28(34)26-30-9-11-40-26/h3-12,21-22H,1-2,13-18H2. The van der Waals surface area contributed by atoms with Gasteiger partial charge in [0.25, 0.3) is 0 Å². The number of nitrogens with zero attached hydrogens (tertiary/aromatic N) is 2. The maximum Gasteiger partial charge on any atom is 0.367 e. The zero-order valence-electron chi connectivity index (χ0n) is 22.4. The maximum atomic E-state index is 12.1. The second-order valence-electron chi connectivity index (χ2n) is 8.25. The molecule has 0 spiro atoms. The van der Waals surface area contributed by atoms with Crippen LogP contribution >= 0.6 is 46.2 Å². The van der Waals surface area contributed by atoms with Gasteiger partial charge in [0.1, 0.15) is 13.2 Å². The first kappa shape index (κ1) is 33.4. The quantitative estimate of drug-likeness (QED) is 0.136. The van der Waals surface area contributed by atoms with Crippen molar-refractivity contribution in [2.45, 2.75) is 23.7 Å². The predicted octanol–water partition coefficient (Wildman–Crippen LogP) is 4.98. The first-order chi connectivity index (χ1) is 20.4. The van der Waals surface area contributed by atoms with Crippen LogP contribution in [-0.2, 0) is 41.8 Å². The van der Waals surface area contributed by atoms with E-state index in [-0.39, 0.29) is 59.9 Å². The number of esters is 2. The zero-order valence-corrected chi connectivity index (χ0v) is 25.6. The highest BCUT2D eigenvalue weighted by molar-refractivity contribution is 8.14. The van der Waals surface area contributed by atoms with Crippen LogP contribution in [0, 0.1) is 0 Å². The van der Waals surface area contributed by atoms with E-state index >= 15 is 0 Å². The van der Waals surface area contributed by atoms with Gasteiger partial charge in [-0.05, 0) is 23.3 Å². The Morgan fingerprint density at radius 3 is 1.60 bits per heavy atom. The SMILES string of the molecule is C=CC(=O)SC(COCc1cccc(COCC(COC(=O)c2nccs2)SC(=O)C=C)c1)COC(=O)c1nccs1. The first-order valence-electron chi connectivity index (χ1n) is 12.4. The van der Waals surface area contributed by atoms with Crippen molar-refractivity contribution in [3.8, 4) is 0 Å². The second kappa shape index (κ2) is 18.4. The second-order valence-corrected chi connectivity index (χ2v) is 12.6. The summed E-state index contributed by atoms with van der Waals surface area (Å²) in [7, 11) is 0. The van der Waals surface area contributed by atoms with E-state index in [4.69, 9.17) is 18.9 Å². The highest BCUT2D eigenvalue weighted by Gasteiger charge is 2.20. The smallest absolute Gasteiger partial charge is 0.367 e. The third-order valence-corrected chi connectivity index (χ3v) is 8.57. The number of rotatable bonds is 18. The van der Waals surface area contributed by atoms with Crippen LogP contribution in [0.25, 0.3) is 0 Å². The van der Waals surface area contributed by atoms with Gasteiger partial charge in [-0.3, -0.25) is 9.59 Å². The number of hydrogen-bond donors (Lipinski definition) is 0. The van der Waals surface area contributed by atoms with Gasteiger partial charge in [-0.2, -0.15) is 0 Å². The number of ether oxygens (including phenoxy) is 4. The van der Waals surface area contributed by atoms with E-state index in [0.717, 1.165) is 34.7 Å². The molecule has 0 radical (unpaired) electrons. The largest absolute Gasteiger partial charge is 0.459 e. The molecule has 0 N–H and O–H groups in total. The number of carbonyl (C=O) groups is 4. The van der Waals surface area contributed by atoms with Crippen molar-refractivity contribution in [1.82, 2.24) is 9.97 Å². The zero-order chi connectivity index (χ0) is 30.2. The molecule has 0 aliphatic carbocycles. The molecule has 0 fully saturated rings. The molecule has 10 nitrogen and oxygen atoms in total. The van der Waals surface area contributed by atoms with Crippen LogP contribution in [0.4, 0.5) is 0 Å². The maximum absolute atomic E-state index is 12.1. The lowest BCUT2D eigenvalue weighted by molar-refractivity contribution is -0.107. The van der Waals surface area contributed by atoms with E-state index in [1.807, 2.05) is 24.3 Å². The first-order valence-corrected chi connectivity index (χ1v) is 15.9. The summed E-state index contributed by atoms with van der Waals surface area (Å²) >= 11 is 4.31. The Hall–Kier alpha value is -3.14. The molecule has 0 saturated heterocycles. The molecule has 2 unspecified atom stereocenters. The van der Waals surface area contributed by atoms with E-state index in [9.17, 15) is 19.2 Å². The minimum Gasteiger partial charge on any atom is -0.459 e. The number of thioether (sulfide) groups is 2. The summed E-state index contributed by atoms with van der Waals surface area (Å²) in [5.74, 6) is -1.11. The average molecular weight is 649 g/mol. The van der Waals surface area contributed by atoms with Crippen molar-refractivity contribution >= 4 is 68.4 Å². The van der Waals surface area contributed by atoms with Crippen molar-refractivity contribution < 1.29 is 38.1 Å². The van der Waals surface area contributed by atoms with E-state index in [1.54, 1.807) is 10.8 Å². The molecule has 0 aliphatic heterocycles. The lowest BCUT2D eigenvalue weighted by Crippen LogP contribution is -2.23. The summed E-state index contributed by atoms with van der Waals surface area (Å²) < 4.78 is 22.3. The lowest BCUT2D eigenvalue weighted by atomic mass is 10.1. The molecule has 0 saturated carbocycles. The van der Waals surface area contributed by atoms with Crippen LogP contribution in [0.5, 0.6) is 0 Å². The van der Waals surface area contributed by atoms with E-state index < -0.39 is 22.4 Å². The monoisotopic (exact) mass is 648 g/mol. The van der Waals surface area contributed by atoms with Gasteiger partial charge in [-0.1, -0.05) is 60.9 Å². The van der Waals surface area contributed by atoms with E-state index in [2.05, 4.69) is 23.1 Å². The van der Waals surface area contributed by atoms with Crippen molar-refractivity contribution in [2.24, 2.45) is 0 Å². The highest BCUT2D eigenvalue weighted by Crippen LogP contribution is 2.18. The van der Waals surface area contributed by atoms with Gasteiger partial charge in [-0.15, -0.1) is 22.7 Å². The van der Waals surface area contributed by atoms with E-state index in [1.165, 1.54) is 47.2 Å². The van der Waals surface area contributed by atoms with Gasteiger partial charge in [0.2, 0.25) is 20.2 Å². The van der Waals surface area contributed by atoms with Gasteiger partial charge < -0.3 is 18.9 Å². The van der Waals surface area contributed by atoms with Gasteiger partial charge in [0.05, 0.1) is 36.9 Å². The minimum absolute atomic E-state index is 0.0246. The van der Waals surface area contributed by atoms with Crippen LogP contribution in [0.15, 0.2) is 72.7 Å². The molecular weight excluding hydrogens is 621 g/mol. The number of carbonyl (C=O) groups excluding carboxylic acids is 4. The average Bonchev–Trinajstić information content (AvgIpc) is 3.74. The van der Waals surface area contributed by atoms with Crippen molar-refractivity contribution in [2.75, 3.05) is 26.4 Å². The molecule has 3 aromatic rings. The Bertz CT molecular complexity index is 1230. The molecule has 0 bridgehead atoms. The highest BCUT2D eigenvalue weighted by atomic mass is 32.2. The summed E-state index contributed by atoms with van der Waals surface area (Å²) in [4.78, 5) is 55.9. The molecule has 2 atom stereocenters. The normalized spacial score (nSPS) is 12.2. The third-order valence-electron chi connectivity index (χ3n) is 5.05. The van der Waals surface area contributed by atoms with E-state index in [0.29, 0.717) is 0 Å². The van der Waals surface area contributed by atoms with Crippen molar-refractivity contribution in [1.29, 1.82) is 0 Å². The van der Waals surface area contributed by atoms with Crippen LogP contribution in [0.3, 0.4) is 0 Å². The van der Waals surface area contributed by atoms with Gasteiger partial charge >= 0.3 is 11.9 Å². The van der Waals surface area contributed by atoms with Crippen LogP contribution in [-0.4, -0.2) is 69.1 Å². The molecule has 42 heavy (non-hydrogen) atoms. The molecule has 0 aliphatic rings. The molecule has 2 aromatic heterocycles. The molecule has 2 heterocycles. The summed E-state index contributed by atoms with van der Waals surface area (Å²) in [5, 5.41) is 2.47. The molecule has 1 aromatic carbocycles. The van der Waals surface area contributed by atoms with Crippen molar-refractivity contribution in [3.05, 3.63) is 93.9 Å². The Kier molecular flexibility index (Phi) is 14.6. The topological polar surface area (TPSA) is 131 Å².